The van der Waals surface area contributed by atoms with Gasteiger partial charge in [-0.05, 0) is 30.3 Å². The molecule has 1 amide bonds. The number of H-pyrrole nitrogens is 1. The van der Waals surface area contributed by atoms with Crippen molar-refractivity contribution in [2.24, 2.45) is 0 Å². The number of aromatic nitrogens is 4. The summed E-state index contributed by atoms with van der Waals surface area (Å²) in [6.45, 7) is 2.95. The van der Waals surface area contributed by atoms with Crippen LogP contribution >= 0.6 is 0 Å². The zero-order valence-electron chi connectivity index (χ0n) is 12.5. The number of anilines is 1. The molecule has 23 heavy (non-hydrogen) atoms. The summed E-state index contributed by atoms with van der Waals surface area (Å²) in [6, 6.07) is 11.3. The number of pyridine rings is 1. The molecule has 116 valence electrons. The summed E-state index contributed by atoms with van der Waals surface area (Å²) >= 11 is 0. The van der Waals surface area contributed by atoms with Crippen LogP contribution in [0.2, 0.25) is 0 Å². The number of nitrogens with zero attached hydrogens (tertiary/aromatic N) is 5. The highest BCUT2D eigenvalue weighted by Crippen LogP contribution is 2.16. The smallest absolute Gasteiger partial charge is 0.254 e. The number of carbonyl (C=O) groups is 1. The lowest BCUT2D eigenvalue weighted by atomic mass is 10.1. The third kappa shape index (κ3) is 2.61. The number of rotatable bonds is 2. The Morgan fingerprint density at radius 1 is 1.00 bits per heavy atom. The molecule has 2 aromatic heterocycles. The zero-order valence-corrected chi connectivity index (χ0v) is 12.5. The molecule has 1 aliphatic rings. The fraction of sp³-hybridized carbons (Fsp3) is 0.250. The molecule has 0 atom stereocenters. The molecule has 1 fully saturated rings. The number of benzene rings is 1. The van der Waals surface area contributed by atoms with Gasteiger partial charge in [-0.25, -0.2) is 4.98 Å². The van der Waals surface area contributed by atoms with E-state index in [-0.39, 0.29) is 5.91 Å². The van der Waals surface area contributed by atoms with Gasteiger partial charge in [-0.1, -0.05) is 6.07 Å². The van der Waals surface area contributed by atoms with E-state index >= 15 is 0 Å². The molecule has 1 N–H and O–H groups in total. The fourth-order valence-corrected chi connectivity index (χ4v) is 2.84. The van der Waals surface area contributed by atoms with Gasteiger partial charge >= 0.3 is 0 Å². The van der Waals surface area contributed by atoms with Crippen molar-refractivity contribution in [2.45, 2.75) is 0 Å². The summed E-state index contributed by atoms with van der Waals surface area (Å²) < 4.78 is 0. The maximum absolute atomic E-state index is 12.6. The van der Waals surface area contributed by atoms with Gasteiger partial charge in [0.2, 0.25) is 0 Å². The monoisotopic (exact) mass is 308 g/mol. The number of aromatic amines is 1. The Labute approximate surface area is 132 Å². The van der Waals surface area contributed by atoms with Crippen LogP contribution in [0, 0.1) is 0 Å². The second-order valence-corrected chi connectivity index (χ2v) is 5.49. The van der Waals surface area contributed by atoms with E-state index in [2.05, 4.69) is 25.3 Å². The minimum absolute atomic E-state index is 0.0376. The Hall–Kier alpha value is -2.96. The van der Waals surface area contributed by atoms with Crippen LogP contribution in [0.1, 0.15) is 10.4 Å². The molecule has 0 aliphatic carbocycles. The van der Waals surface area contributed by atoms with Crippen LogP contribution in [-0.2, 0) is 0 Å². The van der Waals surface area contributed by atoms with Crippen LogP contribution in [0.3, 0.4) is 0 Å². The van der Waals surface area contributed by atoms with E-state index in [1.54, 1.807) is 18.3 Å². The Bertz CT molecular complexity index is 823. The van der Waals surface area contributed by atoms with E-state index in [0.717, 1.165) is 24.4 Å². The van der Waals surface area contributed by atoms with Crippen molar-refractivity contribution in [2.75, 3.05) is 31.1 Å². The number of hydrogen-bond donors (Lipinski definition) is 1. The van der Waals surface area contributed by atoms with Crippen LogP contribution in [0.15, 0.2) is 42.6 Å². The van der Waals surface area contributed by atoms with Crippen molar-refractivity contribution in [3.05, 3.63) is 48.2 Å². The van der Waals surface area contributed by atoms with Crippen molar-refractivity contribution in [3.8, 4) is 0 Å². The molecule has 3 heterocycles. The standard InChI is InChI=1S/C16H16N6O/c23-16(12-4-5-13-14(11-12)19-20-18-13)22-9-7-21(8-10-22)15-3-1-2-6-17-15/h1-6,11H,7-10H2,(H,18,19,20). The molecule has 0 spiro atoms. The van der Waals surface area contributed by atoms with Crippen LogP contribution < -0.4 is 4.90 Å². The summed E-state index contributed by atoms with van der Waals surface area (Å²) in [5.41, 5.74) is 2.13. The van der Waals surface area contributed by atoms with Crippen LogP contribution in [0.5, 0.6) is 0 Å². The third-order valence-corrected chi connectivity index (χ3v) is 4.10. The van der Waals surface area contributed by atoms with Gasteiger partial charge in [0.15, 0.2) is 0 Å². The average Bonchev–Trinajstić information content (AvgIpc) is 3.10. The summed E-state index contributed by atoms with van der Waals surface area (Å²) in [5.74, 6) is 0.999. The second-order valence-electron chi connectivity index (χ2n) is 5.49. The van der Waals surface area contributed by atoms with E-state index in [4.69, 9.17) is 0 Å². The van der Waals surface area contributed by atoms with E-state index < -0.39 is 0 Å². The van der Waals surface area contributed by atoms with Gasteiger partial charge in [0, 0.05) is 37.9 Å². The highest BCUT2D eigenvalue weighted by Gasteiger charge is 2.23. The molecular formula is C16H16N6O. The highest BCUT2D eigenvalue weighted by atomic mass is 16.2. The summed E-state index contributed by atoms with van der Waals surface area (Å²) in [7, 11) is 0. The van der Waals surface area contributed by atoms with Crippen molar-refractivity contribution in [3.63, 3.8) is 0 Å². The van der Waals surface area contributed by atoms with Crippen LogP contribution in [-0.4, -0.2) is 57.4 Å². The average molecular weight is 308 g/mol. The summed E-state index contributed by atoms with van der Waals surface area (Å²) in [4.78, 5) is 21.1. The Kier molecular flexibility index (Phi) is 3.38. The lowest BCUT2D eigenvalue weighted by Crippen LogP contribution is -2.49. The molecule has 3 aromatic rings. The Morgan fingerprint density at radius 3 is 2.61 bits per heavy atom. The first-order chi connectivity index (χ1) is 11.3. The largest absolute Gasteiger partial charge is 0.353 e. The van der Waals surface area contributed by atoms with Crippen molar-refractivity contribution < 1.29 is 4.79 Å². The van der Waals surface area contributed by atoms with E-state index in [0.29, 0.717) is 24.2 Å². The number of fused-ring (bicyclic) bond motifs is 1. The first-order valence-electron chi connectivity index (χ1n) is 7.57. The predicted molar refractivity (Wildman–Crippen MR) is 86.2 cm³/mol. The molecule has 7 heteroatoms. The molecule has 1 aliphatic heterocycles. The topological polar surface area (TPSA) is 78.0 Å². The van der Waals surface area contributed by atoms with Crippen molar-refractivity contribution >= 4 is 22.8 Å². The minimum atomic E-state index is 0.0376. The number of carbonyl (C=O) groups excluding carboxylic acids is 1. The molecular weight excluding hydrogens is 292 g/mol. The third-order valence-electron chi connectivity index (χ3n) is 4.10. The van der Waals surface area contributed by atoms with Crippen molar-refractivity contribution in [1.82, 2.24) is 25.3 Å². The lowest BCUT2D eigenvalue weighted by molar-refractivity contribution is 0.0746. The molecule has 0 radical (unpaired) electrons. The first-order valence-corrected chi connectivity index (χ1v) is 7.57. The minimum Gasteiger partial charge on any atom is -0.353 e. The van der Waals surface area contributed by atoms with Crippen LogP contribution in [0.4, 0.5) is 5.82 Å². The van der Waals surface area contributed by atoms with Gasteiger partial charge in [0.1, 0.15) is 16.9 Å². The van der Waals surface area contributed by atoms with E-state index in [9.17, 15) is 4.79 Å². The first kappa shape index (κ1) is 13.7. The van der Waals surface area contributed by atoms with Crippen molar-refractivity contribution in [1.29, 1.82) is 0 Å². The second kappa shape index (κ2) is 5.68. The Balaban J connectivity index is 1.46. The lowest BCUT2D eigenvalue weighted by Gasteiger charge is -2.35. The molecule has 4 rings (SSSR count). The van der Waals surface area contributed by atoms with Gasteiger partial charge in [-0.3, -0.25) is 4.79 Å². The predicted octanol–water partition coefficient (Wildman–Crippen LogP) is 1.32. The van der Waals surface area contributed by atoms with Gasteiger partial charge in [-0.2, -0.15) is 15.4 Å². The van der Waals surface area contributed by atoms with Gasteiger partial charge < -0.3 is 9.80 Å². The zero-order chi connectivity index (χ0) is 15.6. The number of hydrogen-bond acceptors (Lipinski definition) is 5. The Morgan fingerprint density at radius 2 is 1.83 bits per heavy atom. The summed E-state index contributed by atoms with van der Waals surface area (Å²) in [6.07, 6.45) is 1.79. The molecule has 0 unspecified atom stereocenters. The van der Waals surface area contributed by atoms with Crippen LogP contribution in [0.25, 0.3) is 11.0 Å². The SMILES string of the molecule is O=C(c1ccc2n[nH]nc2c1)N1CCN(c2ccccn2)CC1. The van der Waals surface area contributed by atoms with Gasteiger partial charge in [-0.15, -0.1) is 0 Å². The molecule has 7 nitrogen and oxygen atoms in total. The molecule has 0 bridgehead atoms. The highest BCUT2D eigenvalue weighted by molar-refractivity contribution is 5.97. The van der Waals surface area contributed by atoms with Gasteiger partial charge in [0.05, 0.1) is 0 Å². The summed E-state index contributed by atoms with van der Waals surface area (Å²) in [5, 5.41) is 10.6. The number of nitrogens with one attached hydrogen (secondary N) is 1. The number of amides is 1. The van der Waals surface area contributed by atoms with E-state index in [1.165, 1.54) is 0 Å². The maximum Gasteiger partial charge on any atom is 0.254 e. The maximum atomic E-state index is 12.6. The van der Waals surface area contributed by atoms with E-state index in [1.807, 2.05) is 29.2 Å². The molecule has 0 saturated carbocycles. The molecule has 1 aromatic carbocycles. The van der Waals surface area contributed by atoms with Gasteiger partial charge in [0.25, 0.3) is 5.91 Å². The normalized spacial score (nSPS) is 15.1. The molecule has 1 saturated heterocycles. The number of piperazine rings is 1. The fourth-order valence-electron chi connectivity index (χ4n) is 2.84. The quantitative estimate of drug-likeness (QED) is 0.772.